The first-order chi connectivity index (χ1) is 8.20. The van der Waals surface area contributed by atoms with Crippen LogP contribution in [0.2, 0.25) is 0 Å². The molecular weight excluding hydrogens is 218 g/mol. The first kappa shape index (κ1) is 11.2. The van der Waals surface area contributed by atoms with Crippen molar-refractivity contribution in [2.75, 3.05) is 17.7 Å². The van der Waals surface area contributed by atoms with Gasteiger partial charge in [0.25, 0.3) is 5.91 Å². The van der Waals surface area contributed by atoms with E-state index in [-0.39, 0.29) is 5.91 Å². The second-order valence-electron chi connectivity index (χ2n) is 3.64. The van der Waals surface area contributed by atoms with Gasteiger partial charge in [-0.2, -0.15) is 0 Å². The topological polar surface area (TPSA) is 67.2 Å². The molecule has 1 aromatic carbocycles. The van der Waals surface area contributed by atoms with Gasteiger partial charge in [-0.3, -0.25) is 4.79 Å². The van der Waals surface area contributed by atoms with Crippen molar-refractivity contribution < 1.29 is 9.32 Å². The number of aromatic nitrogens is 1. The Morgan fingerprint density at radius 3 is 2.82 bits per heavy atom. The molecule has 0 aliphatic rings. The summed E-state index contributed by atoms with van der Waals surface area (Å²) in [7, 11) is 1.78. The molecule has 0 aliphatic carbocycles. The lowest BCUT2D eigenvalue weighted by molar-refractivity contribution is 0.102. The number of hydrogen-bond donors (Lipinski definition) is 2. The Kier molecular flexibility index (Phi) is 3.09. The lowest BCUT2D eigenvalue weighted by Crippen LogP contribution is -2.14. The van der Waals surface area contributed by atoms with Gasteiger partial charge in [0.05, 0.1) is 5.56 Å². The van der Waals surface area contributed by atoms with Crippen LogP contribution in [-0.2, 0) is 0 Å². The lowest BCUT2D eigenvalue weighted by Gasteiger charge is -2.09. The summed E-state index contributed by atoms with van der Waals surface area (Å²) in [4.78, 5) is 12.0. The number of nitrogens with one attached hydrogen (secondary N) is 2. The number of nitrogens with zero attached hydrogens (tertiary/aromatic N) is 1. The van der Waals surface area contributed by atoms with Crippen LogP contribution in [-0.4, -0.2) is 18.1 Å². The van der Waals surface area contributed by atoms with Gasteiger partial charge >= 0.3 is 0 Å². The Morgan fingerprint density at radius 2 is 2.18 bits per heavy atom. The zero-order chi connectivity index (χ0) is 12.3. The predicted molar refractivity (Wildman–Crippen MR) is 65.2 cm³/mol. The number of benzene rings is 1. The SMILES string of the molecule is CNc1cc(C)ccc1C(=O)Nc1ccon1. The monoisotopic (exact) mass is 231 g/mol. The average molecular weight is 231 g/mol. The van der Waals surface area contributed by atoms with Crippen LogP contribution in [0.4, 0.5) is 11.5 Å². The van der Waals surface area contributed by atoms with Gasteiger partial charge in [0.15, 0.2) is 5.82 Å². The van der Waals surface area contributed by atoms with Gasteiger partial charge in [0.1, 0.15) is 6.26 Å². The molecule has 88 valence electrons. The van der Waals surface area contributed by atoms with Crippen molar-refractivity contribution in [3.8, 4) is 0 Å². The molecule has 1 aromatic heterocycles. The molecule has 0 aliphatic heterocycles. The van der Waals surface area contributed by atoms with Crippen LogP contribution in [0.25, 0.3) is 0 Å². The maximum atomic E-state index is 12.0. The van der Waals surface area contributed by atoms with Gasteiger partial charge < -0.3 is 15.2 Å². The van der Waals surface area contributed by atoms with Gasteiger partial charge in [-0.15, -0.1) is 0 Å². The van der Waals surface area contributed by atoms with Gasteiger partial charge in [0.2, 0.25) is 0 Å². The largest absolute Gasteiger partial charge is 0.387 e. The summed E-state index contributed by atoms with van der Waals surface area (Å²) >= 11 is 0. The number of hydrogen-bond acceptors (Lipinski definition) is 4. The van der Waals surface area contributed by atoms with Crippen molar-refractivity contribution in [2.45, 2.75) is 6.92 Å². The van der Waals surface area contributed by atoms with E-state index < -0.39 is 0 Å². The summed E-state index contributed by atoms with van der Waals surface area (Å²) in [5, 5.41) is 9.27. The molecule has 5 nitrogen and oxygen atoms in total. The first-order valence-corrected chi connectivity index (χ1v) is 5.21. The molecule has 5 heteroatoms. The van der Waals surface area contributed by atoms with Crippen molar-refractivity contribution in [3.63, 3.8) is 0 Å². The number of aryl methyl sites for hydroxylation is 1. The van der Waals surface area contributed by atoms with Crippen LogP contribution in [0, 0.1) is 6.92 Å². The highest BCUT2D eigenvalue weighted by atomic mass is 16.5. The van der Waals surface area contributed by atoms with E-state index in [9.17, 15) is 4.79 Å². The molecule has 0 fully saturated rings. The minimum absolute atomic E-state index is 0.219. The molecule has 1 amide bonds. The maximum absolute atomic E-state index is 12.0. The summed E-state index contributed by atoms with van der Waals surface area (Å²) in [6.45, 7) is 1.97. The van der Waals surface area contributed by atoms with E-state index >= 15 is 0 Å². The minimum Gasteiger partial charge on any atom is -0.387 e. The summed E-state index contributed by atoms with van der Waals surface area (Å²) in [6.07, 6.45) is 1.41. The molecule has 0 bridgehead atoms. The number of carbonyl (C=O) groups excluding carboxylic acids is 1. The van der Waals surface area contributed by atoms with E-state index in [0.29, 0.717) is 11.4 Å². The Hall–Kier alpha value is -2.30. The van der Waals surface area contributed by atoms with E-state index in [0.717, 1.165) is 11.3 Å². The number of carbonyl (C=O) groups is 1. The van der Waals surface area contributed by atoms with Crippen LogP contribution < -0.4 is 10.6 Å². The molecule has 0 unspecified atom stereocenters. The Bertz CT molecular complexity index is 521. The third-order valence-electron chi connectivity index (χ3n) is 2.37. The molecule has 0 radical (unpaired) electrons. The smallest absolute Gasteiger partial charge is 0.259 e. The molecule has 0 spiro atoms. The molecule has 2 N–H and O–H groups in total. The minimum atomic E-state index is -0.219. The summed E-state index contributed by atoms with van der Waals surface area (Å²) in [5.74, 6) is 0.181. The van der Waals surface area contributed by atoms with Crippen molar-refractivity contribution in [3.05, 3.63) is 41.7 Å². The van der Waals surface area contributed by atoms with Gasteiger partial charge in [-0.1, -0.05) is 11.2 Å². The number of anilines is 2. The normalized spacial score (nSPS) is 10.0. The fourth-order valence-corrected chi connectivity index (χ4v) is 1.52. The van der Waals surface area contributed by atoms with Crippen LogP contribution >= 0.6 is 0 Å². The van der Waals surface area contributed by atoms with Crippen molar-refractivity contribution >= 4 is 17.4 Å². The molecule has 2 aromatic rings. The maximum Gasteiger partial charge on any atom is 0.259 e. The van der Waals surface area contributed by atoms with E-state index in [1.165, 1.54) is 6.26 Å². The molecular formula is C12H13N3O2. The molecule has 2 rings (SSSR count). The van der Waals surface area contributed by atoms with Gasteiger partial charge in [0, 0.05) is 18.8 Å². The Balaban J connectivity index is 2.24. The lowest BCUT2D eigenvalue weighted by atomic mass is 10.1. The quantitative estimate of drug-likeness (QED) is 0.850. The Morgan fingerprint density at radius 1 is 1.35 bits per heavy atom. The molecule has 0 saturated carbocycles. The highest BCUT2D eigenvalue weighted by molar-refractivity contribution is 6.07. The van der Waals surface area contributed by atoms with Crippen LogP contribution in [0.5, 0.6) is 0 Å². The second-order valence-corrected chi connectivity index (χ2v) is 3.64. The number of rotatable bonds is 3. The van der Waals surface area contributed by atoms with E-state index in [1.54, 1.807) is 19.2 Å². The van der Waals surface area contributed by atoms with Crippen LogP contribution in [0.15, 0.2) is 35.1 Å². The molecule has 1 heterocycles. The van der Waals surface area contributed by atoms with E-state index in [2.05, 4.69) is 20.3 Å². The summed E-state index contributed by atoms with van der Waals surface area (Å²) < 4.78 is 4.65. The van der Waals surface area contributed by atoms with Gasteiger partial charge in [-0.25, -0.2) is 0 Å². The highest BCUT2D eigenvalue weighted by Crippen LogP contribution is 2.18. The number of amides is 1. The van der Waals surface area contributed by atoms with Crippen molar-refractivity contribution in [1.29, 1.82) is 0 Å². The van der Waals surface area contributed by atoms with E-state index in [1.807, 2.05) is 19.1 Å². The molecule has 17 heavy (non-hydrogen) atoms. The fourth-order valence-electron chi connectivity index (χ4n) is 1.52. The first-order valence-electron chi connectivity index (χ1n) is 5.21. The molecule has 0 saturated heterocycles. The van der Waals surface area contributed by atoms with E-state index in [4.69, 9.17) is 0 Å². The molecule has 0 atom stereocenters. The summed E-state index contributed by atoms with van der Waals surface area (Å²) in [6, 6.07) is 7.16. The average Bonchev–Trinajstić information content (AvgIpc) is 2.81. The van der Waals surface area contributed by atoms with Crippen molar-refractivity contribution in [2.24, 2.45) is 0 Å². The van der Waals surface area contributed by atoms with Crippen molar-refractivity contribution in [1.82, 2.24) is 5.16 Å². The summed E-state index contributed by atoms with van der Waals surface area (Å²) in [5.41, 5.74) is 2.44. The van der Waals surface area contributed by atoms with Crippen LogP contribution in [0.3, 0.4) is 0 Å². The third kappa shape index (κ3) is 2.44. The van der Waals surface area contributed by atoms with Gasteiger partial charge in [-0.05, 0) is 24.6 Å². The van der Waals surface area contributed by atoms with Crippen LogP contribution in [0.1, 0.15) is 15.9 Å². The zero-order valence-corrected chi connectivity index (χ0v) is 9.65. The predicted octanol–water partition coefficient (Wildman–Crippen LogP) is 2.28. The second kappa shape index (κ2) is 4.69. The highest BCUT2D eigenvalue weighted by Gasteiger charge is 2.11. The fraction of sp³-hybridized carbons (Fsp3) is 0.167. The Labute approximate surface area is 98.8 Å². The zero-order valence-electron chi connectivity index (χ0n) is 9.65. The third-order valence-corrected chi connectivity index (χ3v) is 2.37. The standard InChI is InChI=1S/C12H13N3O2/c1-8-3-4-9(10(7-8)13-2)12(16)14-11-5-6-17-15-11/h3-7,13H,1-2H3,(H,14,15,16).